The molecule has 2 heterocycles. The van der Waals surface area contributed by atoms with Gasteiger partial charge >= 0.3 is 0 Å². The van der Waals surface area contributed by atoms with Gasteiger partial charge in [0, 0.05) is 18.1 Å². The smallest absolute Gasteiger partial charge is 0.234 e. The van der Waals surface area contributed by atoms with Crippen molar-refractivity contribution < 1.29 is 4.79 Å². The lowest BCUT2D eigenvalue weighted by molar-refractivity contribution is -0.124. The molecule has 0 spiro atoms. The number of nitrogens with one attached hydrogen (secondary N) is 2. The average molecular weight is 281 g/mol. The molecule has 2 aliphatic rings. The minimum Gasteiger partial charge on any atom is -0.353 e. The van der Waals surface area contributed by atoms with Crippen LogP contribution in [0, 0.1) is 0 Å². The fourth-order valence-electron chi connectivity index (χ4n) is 3.72. The van der Waals surface area contributed by atoms with Crippen LogP contribution >= 0.6 is 0 Å². The second kappa shape index (κ2) is 7.99. The van der Waals surface area contributed by atoms with Gasteiger partial charge in [-0.15, -0.1) is 0 Å². The highest BCUT2D eigenvalue weighted by Gasteiger charge is 2.32. The van der Waals surface area contributed by atoms with Crippen molar-refractivity contribution in [3.63, 3.8) is 0 Å². The molecule has 20 heavy (non-hydrogen) atoms. The molecule has 116 valence electrons. The van der Waals surface area contributed by atoms with Gasteiger partial charge in [-0.2, -0.15) is 0 Å². The molecule has 0 bridgehead atoms. The van der Waals surface area contributed by atoms with E-state index in [-0.39, 0.29) is 5.91 Å². The Morgan fingerprint density at radius 3 is 2.90 bits per heavy atom. The van der Waals surface area contributed by atoms with E-state index in [1.165, 1.54) is 32.1 Å². The summed E-state index contributed by atoms with van der Waals surface area (Å²) in [6, 6.07) is 1.48. The molecule has 4 heteroatoms. The van der Waals surface area contributed by atoms with Gasteiger partial charge in [0.25, 0.3) is 0 Å². The highest BCUT2D eigenvalue weighted by Crippen LogP contribution is 2.23. The van der Waals surface area contributed by atoms with Crippen LogP contribution in [-0.2, 0) is 4.79 Å². The molecule has 2 rings (SSSR count). The Morgan fingerprint density at radius 2 is 2.20 bits per heavy atom. The van der Waals surface area contributed by atoms with E-state index < -0.39 is 0 Å². The maximum absolute atomic E-state index is 12.2. The first-order valence-corrected chi connectivity index (χ1v) is 8.47. The van der Waals surface area contributed by atoms with Crippen molar-refractivity contribution in [3.8, 4) is 0 Å². The molecule has 0 saturated carbocycles. The maximum atomic E-state index is 12.2. The Balaban J connectivity index is 1.83. The average Bonchev–Trinajstić information content (AvgIpc) is 2.93. The Hall–Kier alpha value is -0.610. The first kappa shape index (κ1) is 15.8. The number of carbonyl (C=O) groups excluding carboxylic acids is 1. The topological polar surface area (TPSA) is 44.4 Å². The quantitative estimate of drug-likeness (QED) is 0.781. The Labute approximate surface area is 123 Å². The van der Waals surface area contributed by atoms with Crippen molar-refractivity contribution >= 4 is 5.91 Å². The highest BCUT2D eigenvalue weighted by atomic mass is 16.2. The van der Waals surface area contributed by atoms with Crippen molar-refractivity contribution in [2.45, 2.75) is 76.9 Å². The predicted molar refractivity (Wildman–Crippen MR) is 82.7 cm³/mol. The number of likely N-dealkylation sites (tertiary alicyclic amines) is 1. The Kier molecular flexibility index (Phi) is 6.30. The van der Waals surface area contributed by atoms with E-state index in [1.807, 2.05) is 0 Å². The van der Waals surface area contributed by atoms with E-state index in [0.29, 0.717) is 24.7 Å². The summed E-state index contributed by atoms with van der Waals surface area (Å²) in [6.45, 7) is 7.08. The van der Waals surface area contributed by atoms with Gasteiger partial charge in [-0.25, -0.2) is 0 Å². The summed E-state index contributed by atoms with van der Waals surface area (Å²) in [5, 5.41) is 6.76. The number of amides is 1. The summed E-state index contributed by atoms with van der Waals surface area (Å²) in [5.41, 5.74) is 0. The molecule has 3 unspecified atom stereocenters. The summed E-state index contributed by atoms with van der Waals surface area (Å²) in [5.74, 6) is 0.204. The molecule has 4 nitrogen and oxygen atoms in total. The van der Waals surface area contributed by atoms with E-state index in [9.17, 15) is 4.79 Å². The molecule has 0 aromatic carbocycles. The molecule has 2 fully saturated rings. The number of nitrogens with zero attached hydrogens (tertiary/aromatic N) is 1. The zero-order valence-corrected chi connectivity index (χ0v) is 13.2. The molecule has 1 amide bonds. The number of rotatable bonds is 6. The van der Waals surface area contributed by atoms with Gasteiger partial charge in [-0.1, -0.05) is 19.8 Å². The molecular formula is C16H31N3O. The molecular weight excluding hydrogens is 250 g/mol. The lowest BCUT2D eigenvalue weighted by Gasteiger charge is -2.39. The third-order valence-electron chi connectivity index (χ3n) is 4.70. The first-order chi connectivity index (χ1) is 9.70. The number of carbonyl (C=O) groups is 1. The zero-order chi connectivity index (χ0) is 14.4. The van der Waals surface area contributed by atoms with E-state index in [2.05, 4.69) is 29.4 Å². The van der Waals surface area contributed by atoms with Crippen LogP contribution in [-0.4, -0.2) is 48.6 Å². The Morgan fingerprint density at radius 1 is 1.35 bits per heavy atom. The zero-order valence-electron chi connectivity index (χ0n) is 13.2. The van der Waals surface area contributed by atoms with Gasteiger partial charge in [-0.3, -0.25) is 9.69 Å². The minimum absolute atomic E-state index is 0.204. The first-order valence-electron chi connectivity index (χ1n) is 8.47. The molecule has 0 aromatic rings. The number of hydrogen-bond donors (Lipinski definition) is 2. The lowest BCUT2D eigenvalue weighted by Crippen LogP contribution is -2.53. The van der Waals surface area contributed by atoms with E-state index >= 15 is 0 Å². The largest absolute Gasteiger partial charge is 0.353 e. The number of piperidine rings is 1. The maximum Gasteiger partial charge on any atom is 0.234 e. The van der Waals surface area contributed by atoms with Gasteiger partial charge in [0.05, 0.1) is 6.54 Å². The third kappa shape index (κ3) is 4.45. The van der Waals surface area contributed by atoms with Crippen LogP contribution in [0.5, 0.6) is 0 Å². The fourth-order valence-corrected chi connectivity index (χ4v) is 3.72. The second-order valence-electron chi connectivity index (χ2n) is 6.49. The van der Waals surface area contributed by atoms with Gasteiger partial charge in [0.15, 0.2) is 0 Å². The summed E-state index contributed by atoms with van der Waals surface area (Å²) in [6.07, 6.45) is 8.55. The SMILES string of the molecule is CCCC(C)NC(=O)CN1CCCCC1C1CCCN1. The van der Waals surface area contributed by atoms with Crippen molar-refractivity contribution in [2.24, 2.45) is 0 Å². The lowest BCUT2D eigenvalue weighted by atomic mass is 9.94. The fraction of sp³-hybridized carbons (Fsp3) is 0.938. The number of hydrogen-bond acceptors (Lipinski definition) is 3. The van der Waals surface area contributed by atoms with Crippen molar-refractivity contribution in [1.29, 1.82) is 0 Å². The van der Waals surface area contributed by atoms with E-state index in [4.69, 9.17) is 0 Å². The molecule has 0 aliphatic carbocycles. The van der Waals surface area contributed by atoms with Crippen LogP contribution in [0.3, 0.4) is 0 Å². The van der Waals surface area contributed by atoms with Crippen LogP contribution < -0.4 is 10.6 Å². The standard InChI is InChI=1S/C16H31N3O/c1-3-7-13(2)18-16(20)12-19-11-5-4-9-15(19)14-8-6-10-17-14/h13-15,17H,3-12H2,1-2H3,(H,18,20). The molecule has 0 radical (unpaired) electrons. The summed E-state index contributed by atoms with van der Waals surface area (Å²) in [4.78, 5) is 14.6. The van der Waals surface area contributed by atoms with Crippen LogP contribution in [0.1, 0.15) is 58.8 Å². The molecule has 2 saturated heterocycles. The van der Waals surface area contributed by atoms with Gasteiger partial charge in [0.2, 0.25) is 5.91 Å². The molecule has 0 aromatic heterocycles. The monoisotopic (exact) mass is 281 g/mol. The minimum atomic E-state index is 0.204. The summed E-state index contributed by atoms with van der Waals surface area (Å²) in [7, 11) is 0. The van der Waals surface area contributed by atoms with Crippen LogP contribution in [0.4, 0.5) is 0 Å². The Bertz CT molecular complexity index is 302. The molecule has 2 aliphatic heterocycles. The van der Waals surface area contributed by atoms with Crippen LogP contribution in [0.15, 0.2) is 0 Å². The van der Waals surface area contributed by atoms with Gasteiger partial charge < -0.3 is 10.6 Å². The van der Waals surface area contributed by atoms with Crippen molar-refractivity contribution in [3.05, 3.63) is 0 Å². The summed E-state index contributed by atoms with van der Waals surface area (Å²) >= 11 is 0. The molecule has 3 atom stereocenters. The highest BCUT2D eigenvalue weighted by molar-refractivity contribution is 5.78. The van der Waals surface area contributed by atoms with Crippen molar-refractivity contribution in [2.75, 3.05) is 19.6 Å². The summed E-state index contributed by atoms with van der Waals surface area (Å²) < 4.78 is 0. The molecule has 2 N–H and O–H groups in total. The van der Waals surface area contributed by atoms with Crippen LogP contribution in [0.2, 0.25) is 0 Å². The predicted octanol–water partition coefficient (Wildman–Crippen LogP) is 1.90. The second-order valence-corrected chi connectivity index (χ2v) is 6.49. The van der Waals surface area contributed by atoms with Gasteiger partial charge in [-0.05, 0) is 52.1 Å². The van der Waals surface area contributed by atoms with Gasteiger partial charge in [0.1, 0.15) is 0 Å². The van der Waals surface area contributed by atoms with E-state index in [0.717, 1.165) is 25.9 Å². The third-order valence-corrected chi connectivity index (χ3v) is 4.70. The van der Waals surface area contributed by atoms with Crippen LogP contribution in [0.25, 0.3) is 0 Å². The van der Waals surface area contributed by atoms with Crippen molar-refractivity contribution in [1.82, 2.24) is 15.5 Å². The normalized spacial score (nSPS) is 29.3. The van der Waals surface area contributed by atoms with E-state index in [1.54, 1.807) is 0 Å².